The fourth-order valence-corrected chi connectivity index (χ4v) is 2.81. The number of hydrogen-bond acceptors (Lipinski definition) is 4. The van der Waals surface area contributed by atoms with Crippen LogP contribution in [-0.4, -0.2) is 31.7 Å². The average molecular weight is 316 g/mol. The molecule has 0 radical (unpaired) electrons. The lowest BCUT2D eigenvalue weighted by molar-refractivity contribution is 0.301. The van der Waals surface area contributed by atoms with Crippen LogP contribution in [0.2, 0.25) is 5.15 Å². The van der Waals surface area contributed by atoms with Gasteiger partial charge >= 0.3 is 0 Å². The van der Waals surface area contributed by atoms with Gasteiger partial charge < -0.3 is 5.11 Å². The van der Waals surface area contributed by atoms with E-state index in [9.17, 15) is 8.42 Å². The summed E-state index contributed by atoms with van der Waals surface area (Å²) in [5.41, 5.74) is 0. The van der Waals surface area contributed by atoms with E-state index in [1.165, 1.54) is 12.3 Å². The molecule has 0 bridgehead atoms. The van der Waals surface area contributed by atoms with Crippen LogP contribution in [0.5, 0.6) is 0 Å². The van der Waals surface area contributed by atoms with Crippen molar-refractivity contribution in [2.24, 2.45) is 0 Å². The van der Waals surface area contributed by atoms with E-state index in [0.717, 1.165) is 0 Å². The fourth-order valence-electron chi connectivity index (χ4n) is 0.850. The Morgan fingerprint density at radius 1 is 1.60 bits per heavy atom. The van der Waals surface area contributed by atoms with Crippen LogP contribution in [0.4, 0.5) is 0 Å². The van der Waals surface area contributed by atoms with Gasteiger partial charge in [0.05, 0.1) is 6.61 Å². The van der Waals surface area contributed by atoms with E-state index in [4.69, 9.17) is 16.7 Å². The van der Waals surface area contributed by atoms with E-state index < -0.39 is 10.0 Å². The van der Waals surface area contributed by atoms with Gasteiger partial charge in [-0.1, -0.05) is 11.6 Å². The molecule has 1 aromatic heterocycles. The van der Waals surface area contributed by atoms with Gasteiger partial charge in [0, 0.05) is 17.2 Å². The van der Waals surface area contributed by atoms with E-state index in [2.05, 4.69) is 25.6 Å². The molecule has 2 N–H and O–H groups in total. The third-order valence-electron chi connectivity index (χ3n) is 1.47. The summed E-state index contributed by atoms with van der Waals surface area (Å²) in [6.45, 7) is -0.344. The molecule has 0 aliphatic rings. The number of aliphatic hydroxyl groups excluding tert-OH is 1. The van der Waals surface area contributed by atoms with Crippen LogP contribution >= 0.6 is 27.5 Å². The Bertz CT molecular complexity index is 452. The molecule has 0 atom stereocenters. The van der Waals surface area contributed by atoms with Crippen molar-refractivity contribution in [2.45, 2.75) is 4.90 Å². The topological polar surface area (TPSA) is 79.3 Å². The number of nitrogens with one attached hydrogen (secondary N) is 1. The molecule has 0 aromatic carbocycles. The molecule has 8 heteroatoms. The van der Waals surface area contributed by atoms with E-state index in [1.54, 1.807) is 0 Å². The van der Waals surface area contributed by atoms with E-state index in [0.29, 0.717) is 4.47 Å². The average Bonchev–Trinajstić information content (AvgIpc) is 2.18. The molecule has 0 unspecified atom stereocenters. The molecule has 1 rings (SSSR count). The number of halogens is 2. The van der Waals surface area contributed by atoms with Crippen LogP contribution < -0.4 is 4.72 Å². The predicted molar refractivity (Wildman–Crippen MR) is 59.2 cm³/mol. The molecule has 0 aliphatic carbocycles. The SMILES string of the molecule is O=S(=O)(NCCO)c1cc(Br)cnc1Cl. The van der Waals surface area contributed by atoms with E-state index >= 15 is 0 Å². The monoisotopic (exact) mass is 314 g/mol. The highest BCUT2D eigenvalue weighted by atomic mass is 79.9. The lowest BCUT2D eigenvalue weighted by atomic mass is 10.5. The maximum absolute atomic E-state index is 11.6. The molecule has 0 saturated heterocycles. The van der Waals surface area contributed by atoms with Crippen molar-refractivity contribution >= 4 is 37.6 Å². The van der Waals surface area contributed by atoms with Gasteiger partial charge in [0.2, 0.25) is 10.0 Å². The van der Waals surface area contributed by atoms with Gasteiger partial charge in [-0.2, -0.15) is 0 Å². The maximum Gasteiger partial charge on any atom is 0.243 e. The van der Waals surface area contributed by atoms with Crippen LogP contribution in [0.1, 0.15) is 0 Å². The quantitative estimate of drug-likeness (QED) is 0.804. The van der Waals surface area contributed by atoms with Crippen molar-refractivity contribution < 1.29 is 13.5 Å². The van der Waals surface area contributed by atoms with Crippen molar-refractivity contribution in [1.29, 1.82) is 0 Å². The molecular weight excluding hydrogens is 308 g/mol. The van der Waals surface area contributed by atoms with Crippen LogP contribution in [0.3, 0.4) is 0 Å². The third kappa shape index (κ3) is 3.39. The zero-order valence-corrected chi connectivity index (χ0v) is 10.6. The Kier molecular flexibility index (Phi) is 4.47. The number of aromatic nitrogens is 1. The lowest BCUT2D eigenvalue weighted by Gasteiger charge is -2.06. The zero-order chi connectivity index (χ0) is 11.5. The van der Waals surface area contributed by atoms with Crippen molar-refractivity contribution in [3.63, 3.8) is 0 Å². The normalized spacial score (nSPS) is 11.7. The minimum Gasteiger partial charge on any atom is -0.395 e. The maximum atomic E-state index is 11.6. The number of aliphatic hydroxyl groups is 1. The Hall–Kier alpha value is -0.210. The predicted octanol–water partition coefficient (Wildman–Crippen LogP) is 0.768. The molecule has 84 valence electrons. The molecule has 0 aliphatic heterocycles. The van der Waals surface area contributed by atoms with Gasteiger partial charge in [0.1, 0.15) is 10.0 Å². The Morgan fingerprint density at radius 3 is 2.87 bits per heavy atom. The molecule has 0 spiro atoms. The minimum absolute atomic E-state index is 0.0643. The fraction of sp³-hybridized carbons (Fsp3) is 0.286. The Morgan fingerprint density at radius 2 is 2.27 bits per heavy atom. The summed E-state index contributed by atoms with van der Waals surface area (Å²) < 4.78 is 25.9. The van der Waals surface area contributed by atoms with Crippen molar-refractivity contribution in [3.8, 4) is 0 Å². The van der Waals surface area contributed by atoms with Gasteiger partial charge in [-0.05, 0) is 22.0 Å². The summed E-state index contributed by atoms with van der Waals surface area (Å²) in [5.74, 6) is 0. The Labute approximate surface area is 101 Å². The second-order valence-corrected chi connectivity index (χ2v) is 5.57. The van der Waals surface area contributed by atoms with Gasteiger partial charge in [-0.25, -0.2) is 18.1 Å². The summed E-state index contributed by atoms with van der Waals surface area (Å²) in [7, 11) is -3.71. The molecule has 5 nitrogen and oxygen atoms in total. The first-order valence-corrected chi connectivity index (χ1v) is 6.54. The van der Waals surface area contributed by atoms with Crippen LogP contribution in [0.15, 0.2) is 21.6 Å². The molecular formula is C7H8BrClN2O3S. The molecule has 0 fully saturated rings. The van der Waals surface area contributed by atoms with Gasteiger partial charge in [-0.15, -0.1) is 0 Å². The van der Waals surface area contributed by atoms with Gasteiger partial charge in [0.15, 0.2) is 0 Å². The highest BCUT2D eigenvalue weighted by molar-refractivity contribution is 9.10. The second kappa shape index (κ2) is 5.22. The van der Waals surface area contributed by atoms with Crippen LogP contribution in [-0.2, 0) is 10.0 Å². The summed E-state index contributed by atoms with van der Waals surface area (Å²) in [6, 6.07) is 1.34. The third-order valence-corrected chi connectivity index (χ3v) is 3.79. The van der Waals surface area contributed by atoms with E-state index in [-0.39, 0.29) is 23.2 Å². The molecule has 15 heavy (non-hydrogen) atoms. The van der Waals surface area contributed by atoms with Crippen molar-refractivity contribution in [1.82, 2.24) is 9.71 Å². The van der Waals surface area contributed by atoms with Crippen LogP contribution in [0, 0.1) is 0 Å². The minimum atomic E-state index is -3.71. The second-order valence-electron chi connectivity index (χ2n) is 2.56. The lowest BCUT2D eigenvalue weighted by Crippen LogP contribution is -2.27. The summed E-state index contributed by atoms with van der Waals surface area (Å²) in [5, 5.41) is 8.41. The highest BCUT2D eigenvalue weighted by Gasteiger charge is 2.18. The van der Waals surface area contributed by atoms with E-state index in [1.807, 2.05) is 0 Å². The summed E-state index contributed by atoms with van der Waals surface area (Å²) >= 11 is 8.74. The van der Waals surface area contributed by atoms with Gasteiger partial charge in [0.25, 0.3) is 0 Å². The first-order chi connectivity index (χ1) is 6.97. The summed E-state index contributed by atoms with van der Waals surface area (Å²) in [4.78, 5) is 3.57. The number of pyridine rings is 1. The molecule has 0 saturated carbocycles. The smallest absolute Gasteiger partial charge is 0.243 e. The molecule has 1 heterocycles. The van der Waals surface area contributed by atoms with Crippen molar-refractivity contribution in [3.05, 3.63) is 21.9 Å². The highest BCUT2D eigenvalue weighted by Crippen LogP contribution is 2.22. The largest absolute Gasteiger partial charge is 0.395 e. The number of sulfonamides is 1. The zero-order valence-electron chi connectivity index (χ0n) is 7.44. The first-order valence-electron chi connectivity index (χ1n) is 3.89. The Balaban J connectivity index is 3.09. The number of rotatable bonds is 4. The number of nitrogens with zero attached hydrogens (tertiary/aromatic N) is 1. The standard InChI is InChI=1S/C7H8BrClN2O3S/c8-5-3-6(7(9)10-4-5)15(13,14)11-1-2-12/h3-4,11-12H,1-2H2. The van der Waals surface area contributed by atoms with Gasteiger partial charge in [-0.3, -0.25) is 0 Å². The molecule has 0 amide bonds. The first kappa shape index (κ1) is 12.9. The van der Waals surface area contributed by atoms with Crippen LogP contribution in [0.25, 0.3) is 0 Å². The molecule has 1 aromatic rings. The van der Waals surface area contributed by atoms with Crippen molar-refractivity contribution in [2.75, 3.05) is 13.2 Å². The number of hydrogen-bond donors (Lipinski definition) is 2. The summed E-state index contributed by atoms with van der Waals surface area (Å²) in [6.07, 6.45) is 1.40.